The lowest BCUT2D eigenvalue weighted by Crippen LogP contribution is -2.59. The average Bonchev–Trinajstić information content (AvgIpc) is 3.06. The van der Waals surface area contributed by atoms with Crippen molar-refractivity contribution < 1.29 is 0 Å². The van der Waals surface area contributed by atoms with Gasteiger partial charge in [-0.05, 0) is 25.5 Å². The SMILES string of the molecule is CCN1N=C2C=CC=CN2C1(C)N/N=C/C1=CCCS1. The molecule has 0 aromatic rings. The molecule has 1 unspecified atom stereocenters. The zero-order valence-electron chi connectivity index (χ0n) is 11.8. The molecule has 3 aliphatic rings. The summed E-state index contributed by atoms with van der Waals surface area (Å²) < 4.78 is 0. The Morgan fingerprint density at radius 1 is 1.55 bits per heavy atom. The van der Waals surface area contributed by atoms with Crippen LogP contribution in [0.25, 0.3) is 0 Å². The minimum atomic E-state index is -0.453. The van der Waals surface area contributed by atoms with Crippen molar-refractivity contribution in [3.63, 3.8) is 0 Å². The number of rotatable bonds is 4. The maximum Gasteiger partial charge on any atom is 0.221 e. The topological polar surface area (TPSA) is 43.2 Å². The molecule has 0 fully saturated rings. The second kappa shape index (κ2) is 5.36. The molecule has 0 bridgehead atoms. The van der Waals surface area contributed by atoms with Crippen molar-refractivity contribution in [1.29, 1.82) is 0 Å². The normalized spacial score (nSPS) is 28.1. The van der Waals surface area contributed by atoms with E-state index in [2.05, 4.69) is 40.5 Å². The van der Waals surface area contributed by atoms with Crippen LogP contribution in [0.2, 0.25) is 0 Å². The van der Waals surface area contributed by atoms with Crippen molar-refractivity contribution in [2.24, 2.45) is 10.2 Å². The minimum absolute atomic E-state index is 0.453. The fourth-order valence-corrected chi connectivity index (χ4v) is 3.30. The number of thioether (sulfide) groups is 1. The van der Waals surface area contributed by atoms with Gasteiger partial charge in [-0.15, -0.1) is 11.8 Å². The molecule has 6 heteroatoms. The van der Waals surface area contributed by atoms with Gasteiger partial charge in [-0.1, -0.05) is 12.2 Å². The predicted octanol–water partition coefficient (Wildman–Crippen LogP) is 2.29. The van der Waals surface area contributed by atoms with Crippen LogP contribution < -0.4 is 5.43 Å². The monoisotopic (exact) mass is 289 g/mol. The van der Waals surface area contributed by atoms with Gasteiger partial charge in [0.15, 0.2) is 5.84 Å². The highest BCUT2D eigenvalue weighted by molar-refractivity contribution is 8.04. The van der Waals surface area contributed by atoms with E-state index in [1.165, 1.54) is 4.91 Å². The molecule has 0 saturated carbocycles. The smallest absolute Gasteiger partial charge is 0.221 e. The third-order valence-corrected chi connectivity index (χ3v) is 4.58. The molecule has 1 N–H and O–H groups in total. The summed E-state index contributed by atoms with van der Waals surface area (Å²) in [5.41, 5.74) is 3.25. The molecule has 0 aromatic heterocycles. The zero-order valence-corrected chi connectivity index (χ0v) is 12.6. The molecule has 5 nitrogen and oxygen atoms in total. The predicted molar refractivity (Wildman–Crippen MR) is 85.1 cm³/mol. The average molecular weight is 289 g/mol. The van der Waals surface area contributed by atoms with Gasteiger partial charge < -0.3 is 0 Å². The van der Waals surface area contributed by atoms with Gasteiger partial charge >= 0.3 is 0 Å². The standard InChI is InChI=1S/C14H19N5S/c1-3-19-14(2,17-15-11-12-7-6-10-20-12)18-9-5-4-8-13(18)16-19/h4-5,7-9,11,17H,3,6,10H2,1-2H3/b15-11+. The maximum absolute atomic E-state index is 4.61. The van der Waals surface area contributed by atoms with Crippen molar-refractivity contribution in [2.75, 3.05) is 12.3 Å². The van der Waals surface area contributed by atoms with Gasteiger partial charge in [0.05, 0.1) is 6.21 Å². The Morgan fingerprint density at radius 3 is 3.20 bits per heavy atom. The number of amidine groups is 1. The first-order valence-corrected chi connectivity index (χ1v) is 7.86. The highest BCUT2D eigenvalue weighted by Gasteiger charge is 2.43. The highest BCUT2D eigenvalue weighted by atomic mass is 32.2. The molecule has 0 saturated heterocycles. The molecular formula is C14H19N5S. The van der Waals surface area contributed by atoms with Crippen molar-refractivity contribution >= 4 is 23.8 Å². The molecule has 3 heterocycles. The van der Waals surface area contributed by atoms with E-state index >= 15 is 0 Å². The second-order valence-corrected chi connectivity index (χ2v) is 6.05. The largest absolute Gasteiger partial charge is 0.288 e. The molecule has 20 heavy (non-hydrogen) atoms. The minimum Gasteiger partial charge on any atom is -0.288 e. The molecule has 106 valence electrons. The molecule has 1 atom stereocenters. The van der Waals surface area contributed by atoms with E-state index in [9.17, 15) is 0 Å². The van der Waals surface area contributed by atoms with Crippen LogP contribution in [0.3, 0.4) is 0 Å². The quantitative estimate of drug-likeness (QED) is 0.637. The lowest BCUT2D eigenvalue weighted by molar-refractivity contribution is 0.0235. The van der Waals surface area contributed by atoms with Crippen molar-refractivity contribution in [3.8, 4) is 0 Å². The van der Waals surface area contributed by atoms with E-state index in [0.717, 1.165) is 24.6 Å². The van der Waals surface area contributed by atoms with Crippen LogP contribution in [-0.4, -0.2) is 40.0 Å². The van der Waals surface area contributed by atoms with Crippen LogP contribution in [0.1, 0.15) is 20.3 Å². The summed E-state index contributed by atoms with van der Waals surface area (Å²) in [6, 6.07) is 0. The second-order valence-electron chi connectivity index (χ2n) is 4.88. The Labute approximate surface area is 123 Å². The van der Waals surface area contributed by atoms with E-state index < -0.39 is 5.79 Å². The van der Waals surface area contributed by atoms with Gasteiger partial charge in [-0.25, -0.2) is 0 Å². The van der Waals surface area contributed by atoms with Crippen LogP contribution in [0.15, 0.2) is 45.6 Å². The molecule has 0 aliphatic carbocycles. The van der Waals surface area contributed by atoms with Gasteiger partial charge in [-0.2, -0.15) is 10.2 Å². The van der Waals surface area contributed by atoms with Gasteiger partial charge in [0.1, 0.15) is 0 Å². The summed E-state index contributed by atoms with van der Waals surface area (Å²) in [6.07, 6.45) is 13.3. The number of nitrogens with zero attached hydrogens (tertiary/aromatic N) is 4. The number of nitrogens with one attached hydrogen (secondary N) is 1. The lowest BCUT2D eigenvalue weighted by Gasteiger charge is -2.39. The Morgan fingerprint density at radius 2 is 2.45 bits per heavy atom. The molecule has 0 spiro atoms. The van der Waals surface area contributed by atoms with E-state index in [-0.39, 0.29) is 0 Å². The van der Waals surface area contributed by atoms with Gasteiger partial charge in [-0.3, -0.25) is 15.3 Å². The lowest BCUT2D eigenvalue weighted by atomic mass is 10.2. The Bertz CT molecular complexity index is 534. The summed E-state index contributed by atoms with van der Waals surface area (Å²) in [6.45, 7) is 5.00. The van der Waals surface area contributed by atoms with E-state index in [1.54, 1.807) is 0 Å². The highest BCUT2D eigenvalue weighted by Crippen LogP contribution is 2.28. The van der Waals surface area contributed by atoms with Crippen LogP contribution in [-0.2, 0) is 0 Å². The van der Waals surface area contributed by atoms with Gasteiger partial charge in [0.25, 0.3) is 0 Å². The van der Waals surface area contributed by atoms with Gasteiger partial charge in [0, 0.05) is 30.3 Å². The van der Waals surface area contributed by atoms with Crippen LogP contribution >= 0.6 is 11.8 Å². The summed E-state index contributed by atoms with van der Waals surface area (Å²) in [4.78, 5) is 3.33. The molecule has 0 aromatic carbocycles. The summed E-state index contributed by atoms with van der Waals surface area (Å²) in [5, 5.41) is 11.0. The van der Waals surface area contributed by atoms with E-state index in [1.807, 2.05) is 47.4 Å². The van der Waals surface area contributed by atoms with Crippen molar-refractivity contribution in [1.82, 2.24) is 15.3 Å². The molecule has 0 amide bonds. The Hall–Kier alpha value is -1.69. The fraction of sp³-hybridized carbons (Fsp3) is 0.429. The molecule has 3 aliphatic heterocycles. The molecule has 3 rings (SSSR count). The van der Waals surface area contributed by atoms with Crippen LogP contribution in [0.5, 0.6) is 0 Å². The first-order valence-electron chi connectivity index (χ1n) is 6.87. The summed E-state index contributed by atoms with van der Waals surface area (Å²) in [7, 11) is 0. The molecular weight excluding hydrogens is 270 g/mol. The number of hydrogen-bond donors (Lipinski definition) is 1. The molecule has 0 radical (unpaired) electrons. The zero-order chi connectivity index (χ0) is 14.0. The number of fused-ring (bicyclic) bond motifs is 1. The van der Waals surface area contributed by atoms with Crippen molar-refractivity contribution in [2.45, 2.75) is 26.1 Å². The van der Waals surface area contributed by atoms with E-state index in [4.69, 9.17) is 0 Å². The van der Waals surface area contributed by atoms with Crippen LogP contribution in [0.4, 0.5) is 0 Å². The Kier molecular flexibility index (Phi) is 3.56. The first kappa shape index (κ1) is 13.3. The number of hydrazone groups is 2. The first-order chi connectivity index (χ1) is 9.74. The van der Waals surface area contributed by atoms with Crippen LogP contribution in [0, 0.1) is 0 Å². The maximum atomic E-state index is 4.61. The summed E-state index contributed by atoms with van der Waals surface area (Å²) >= 11 is 1.84. The third-order valence-electron chi connectivity index (χ3n) is 3.53. The van der Waals surface area contributed by atoms with Crippen molar-refractivity contribution in [3.05, 3.63) is 35.4 Å². The summed E-state index contributed by atoms with van der Waals surface area (Å²) in [5.74, 6) is 1.65. The fourth-order valence-electron chi connectivity index (χ4n) is 2.46. The Balaban J connectivity index is 1.75. The van der Waals surface area contributed by atoms with Gasteiger partial charge in [0.2, 0.25) is 5.79 Å². The number of allylic oxidation sites excluding steroid dienone is 4. The number of hydrogen-bond acceptors (Lipinski definition) is 6. The third kappa shape index (κ3) is 2.24. The van der Waals surface area contributed by atoms with E-state index in [0.29, 0.717) is 0 Å².